The lowest BCUT2D eigenvalue weighted by Crippen LogP contribution is -2.50. The van der Waals surface area contributed by atoms with Gasteiger partial charge >= 0.3 is 0 Å². The van der Waals surface area contributed by atoms with Crippen LogP contribution < -0.4 is 10.1 Å². The molecule has 0 saturated carbocycles. The predicted octanol–water partition coefficient (Wildman–Crippen LogP) is 5.02. The first-order chi connectivity index (χ1) is 14.8. The van der Waals surface area contributed by atoms with Crippen molar-refractivity contribution < 1.29 is 14.3 Å². The van der Waals surface area contributed by atoms with Crippen LogP contribution in [0.3, 0.4) is 0 Å². The van der Waals surface area contributed by atoms with Gasteiger partial charge in [0.2, 0.25) is 11.8 Å². The Kier molecular flexibility index (Phi) is 10.4. The minimum atomic E-state index is -0.509. The van der Waals surface area contributed by atoms with Gasteiger partial charge in [-0.25, -0.2) is 0 Å². The van der Waals surface area contributed by atoms with Crippen molar-refractivity contribution >= 4 is 39.5 Å². The maximum atomic E-state index is 13.2. The molecule has 0 aliphatic carbocycles. The highest BCUT2D eigenvalue weighted by atomic mass is 79.9. The molecule has 0 heterocycles. The van der Waals surface area contributed by atoms with E-state index in [2.05, 4.69) is 21.2 Å². The van der Waals surface area contributed by atoms with Crippen molar-refractivity contribution in [2.45, 2.75) is 51.6 Å². The van der Waals surface area contributed by atoms with Crippen LogP contribution >= 0.6 is 27.7 Å². The molecule has 0 aliphatic rings. The summed E-state index contributed by atoms with van der Waals surface area (Å²) in [5.74, 6) is 1.67. The Balaban J connectivity index is 2.12. The molecule has 5 nitrogen and oxygen atoms in total. The molecule has 0 aliphatic heterocycles. The van der Waals surface area contributed by atoms with Crippen LogP contribution in [-0.2, 0) is 21.9 Å². The average molecular weight is 507 g/mol. The number of halogens is 1. The zero-order chi connectivity index (χ0) is 22.8. The number of ether oxygens (including phenoxy) is 1. The van der Waals surface area contributed by atoms with Gasteiger partial charge < -0.3 is 15.0 Å². The van der Waals surface area contributed by atoms with Gasteiger partial charge in [-0.1, -0.05) is 47.1 Å². The number of nitrogens with one attached hydrogen (secondary N) is 1. The number of hydrogen-bond acceptors (Lipinski definition) is 4. The van der Waals surface area contributed by atoms with Gasteiger partial charge in [0.05, 0.1) is 12.9 Å². The summed E-state index contributed by atoms with van der Waals surface area (Å²) in [6, 6.07) is 15.2. The highest BCUT2D eigenvalue weighted by molar-refractivity contribution is 9.10. The number of carbonyl (C=O) groups excluding carboxylic acids is 2. The molecule has 0 saturated heterocycles. The van der Waals surface area contributed by atoms with Crippen molar-refractivity contribution in [3.63, 3.8) is 0 Å². The summed E-state index contributed by atoms with van der Waals surface area (Å²) in [7, 11) is 1.62. The Bertz CT molecular complexity index is 841. The molecule has 0 fully saturated rings. The Hall–Kier alpha value is -1.99. The van der Waals surface area contributed by atoms with Gasteiger partial charge in [-0.3, -0.25) is 9.59 Å². The van der Waals surface area contributed by atoms with Crippen molar-refractivity contribution in [3.8, 4) is 5.75 Å². The van der Waals surface area contributed by atoms with Gasteiger partial charge in [-0.15, -0.1) is 11.8 Å². The zero-order valence-corrected chi connectivity index (χ0v) is 21.0. The van der Waals surface area contributed by atoms with Crippen molar-refractivity contribution in [2.24, 2.45) is 0 Å². The Morgan fingerprint density at radius 3 is 2.23 bits per heavy atom. The molecule has 1 atom stereocenters. The zero-order valence-electron chi connectivity index (χ0n) is 18.6. The lowest BCUT2D eigenvalue weighted by molar-refractivity contribution is -0.139. The number of hydrogen-bond donors (Lipinski definition) is 1. The number of benzene rings is 2. The topological polar surface area (TPSA) is 58.6 Å². The first-order valence-corrected chi connectivity index (χ1v) is 12.3. The van der Waals surface area contributed by atoms with Gasteiger partial charge in [-0.2, -0.15) is 0 Å². The van der Waals surface area contributed by atoms with Crippen molar-refractivity contribution in [1.82, 2.24) is 10.2 Å². The summed E-state index contributed by atoms with van der Waals surface area (Å²) in [5.41, 5.74) is 2.12. The van der Waals surface area contributed by atoms with Crippen LogP contribution in [-0.4, -0.2) is 41.7 Å². The maximum absolute atomic E-state index is 13.2. The SMILES string of the molecule is CCC(C(=O)NC(C)C)N(Cc1ccc(OC)cc1)C(=O)CSCc1ccc(Br)cc1. The second kappa shape index (κ2) is 12.8. The fourth-order valence-corrected chi connectivity index (χ4v) is 4.28. The summed E-state index contributed by atoms with van der Waals surface area (Å²) in [6.45, 7) is 6.17. The number of carbonyl (C=O) groups is 2. The van der Waals surface area contributed by atoms with Gasteiger partial charge in [0.25, 0.3) is 0 Å². The first kappa shape index (κ1) is 25.3. The van der Waals surface area contributed by atoms with Gasteiger partial charge in [0, 0.05) is 22.8 Å². The molecule has 0 spiro atoms. The molecule has 0 bridgehead atoms. The molecule has 1 N–H and O–H groups in total. The van der Waals surface area contributed by atoms with E-state index in [4.69, 9.17) is 4.74 Å². The van der Waals surface area contributed by atoms with Gasteiger partial charge in [0.15, 0.2) is 0 Å². The fourth-order valence-electron chi connectivity index (χ4n) is 3.15. The molecule has 1 unspecified atom stereocenters. The smallest absolute Gasteiger partial charge is 0.243 e. The van der Waals surface area contributed by atoms with E-state index in [0.29, 0.717) is 18.7 Å². The van der Waals surface area contributed by atoms with Crippen LogP contribution in [0.5, 0.6) is 5.75 Å². The average Bonchev–Trinajstić information content (AvgIpc) is 2.74. The molecule has 2 rings (SSSR count). The molecular weight excluding hydrogens is 476 g/mol. The quantitative estimate of drug-likeness (QED) is 0.464. The highest BCUT2D eigenvalue weighted by Crippen LogP contribution is 2.20. The summed E-state index contributed by atoms with van der Waals surface area (Å²) >= 11 is 5.00. The Labute approximate surface area is 198 Å². The number of rotatable bonds is 11. The van der Waals surface area contributed by atoms with Gasteiger partial charge in [-0.05, 0) is 55.7 Å². The molecule has 2 amide bonds. The van der Waals surface area contributed by atoms with E-state index in [0.717, 1.165) is 27.1 Å². The lowest BCUT2D eigenvalue weighted by Gasteiger charge is -2.31. The third-order valence-corrected chi connectivity index (χ3v) is 6.25. The van der Waals surface area contributed by atoms with Gasteiger partial charge in [0.1, 0.15) is 11.8 Å². The van der Waals surface area contributed by atoms with E-state index in [-0.39, 0.29) is 17.9 Å². The number of amides is 2. The highest BCUT2D eigenvalue weighted by Gasteiger charge is 2.28. The molecule has 168 valence electrons. The molecular formula is C24H31BrN2O3S. The summed E-state index contributed by atoms with van der Waals surface area (Å²) < 4.78 is 6.26. The van der Waals surface area contributed by atoms with Crippen LogP contribution in [0.25, 0.3) is 0 Å². The minimum absolute atomic E-state index is 0.0197. The summed E-state index contributed by atoms with van der Waals surface area (Å²) in [4.78, 5) is 27.7. The largest absolute Gasteiger partial charge is 0.497 e. The summed E-state index contributed by atoms with van der Waals surface area (Å²) in [5, 5.41) is 2.96. The molecule has 0 aromatic heterocycles. The van der Waals surface area contributed by atoms with Crippen molar-refractivity contribution in [1.29, 1.82) is 0 Å². The summed E-state index contributed by atoms with van der Waals surface area (Å²) in [6.07, 6.45) is 0.553. The molecule has 0 radical (unpaired) electrons. The molecule has 2 aromatic carbocycles. The number of methoxy groups -OCH3 is 1. The molecule has 2 aromatic rings. The standard InChI is InChI=1S/C24H31BrN2O3S/c1-5-22(24(29)26-17(2)3)27(14-18-8-12-21(30-4)13-9-18)23(28)16-31-15-19-6-10-20(25)11-7-19/h6-13,17,22H,5,14-16H2,1-4H3,(H,26,29). The predicted molar refractivity (Wildman–Crippen MR) is 131 cm³/mol. The van der Waals surface area contributed by atoms with Crippen LogP contribution in [0, 0.1) is 0 Å². The third-order valence-electron chi connectivity index (χ3n) is 4.74. The molecule has 31 heavy (non-hydrogen) atoms. The van der Waals surface area contributed by atoms with E-state index in [1.54, 1.807) is 23.8 Å². The monoisotopic (exact) mass is 506 g/mol. The second-order valence-corrected chi connectivity index (χ2v) is 9.48. The number of nitrogens with zero attached hydrogens (tertiary/aromatic N) is 1. The van der Waals surface area contributed by atoms with E-state index in [1.807, 2.05) is 69.3 Å². The Morgan fingerprint density at radius 1 is 1.06 bits per heavy atom. The van der Waals surface area contributed by atoms with Crippen LogP contribution in [0.1, 0.15) is 38.3 Å². The van der Waals surface area contributed by atoms with Crippen molar-refractivity contribution in [2.75, 3.05) is 12.9 Å². The first-order valence-electron chi connectivity index (χ1n) is 10.4. The van der Waals surface area contributed by atoms with Crippen LogP contribution in [0.4, 0.5) is 0 Å². The number of thioether (sulfide) groups is 1. The van der Waals surface area contributed by atoms with E-state index in [9.17, 15) is 9.59 Å². The fraction of sp³-hybridized carbons (Fsp3) is 0.417. The third kappa shape index (κ3) is 8.22. The second-order valence-electron chi connectivity index (χ2n) is 7.58. The molecule has 7 heteroatoms. The van der Waals surface area contributed by atoms with E-state index >= 15 is 0 Å². The normalized spacial score (nSPS) is 11.8. The van der Waals surface area contributed by atoms with E-state index in [1.165, 1.54) is 0 Å². The maximum Gasteiger partial charge on any atom is 0.243 e. The minimum Gasteiger partial charge on any atom is -0.497 e. The Morgan fingerprint density at radius 2 is 1.68 bits per heavy atom. The van der Waals surface area contributed by atoms with E-state index < -0.39 is 6.04 Å². The van der Waals surface area contributed by atoms with Crippen molar-refractivity contribution in [3.05, 3.63) is 64.1 Å². The van der Waals surface area contributed by atoms with Crippen LogP contribution in [0.2, 0.25) is 0 Å². The lowest BCUT2D eigenvalue weighted by atomic mass is 10.1. The van der Waals surface area contributed by atoms with Crippen LogP contribution in [0.15, 0.2) is 53.0 Å².